The zero-order chi connectivity index (χ0) is 18.6. The summed E-state index contributed by atoms with van der Waals surface area (Å²) in [5.41, 5.74) is -3.54. The maximum absolute atomic E-state index is 13.1. The maximum Gasteiger partial charge on any atom is 0.417 e. The van der Waals surface area contributed by atoms with Crippen LogP contribution in [-0.2, 0) is 20.6 Å². The normalized spacial score (nSPS) is 24.8. The minimum Gasteiger partial charge on any atom is -0.380 e. The molecule has 2 heterocycles. The molecule has 0 aromatic carbocycles. The summed E-state index contributed by atoms with van der Waals surface area (Å²) in [5, 5.41) is 9.92. The first-order chi connectivity index (χ1) is 11.5. The van der Waals surface area contributed by atoms with Crippen molar-refractivity contribution in [2.45, 2.75) is 44.0 Å². The number of hydrogen-bond acceptors (Lipinski definition) is 4. The number of hydrogen-bond donors (Lipinski definition) is 1. The molecular formula is C15H19F3N4O3. The van der Waals surface area contributed by atoms with E-state index in [-0.39, 0.29) is 30.6 Å². The summed E-state index contributed by atoms with van der Waals surface area (Å²) in [5.74, 6) is -0.614. The molecule has 2 aromatic heterocycles. The standard InChI is InChI=1S/C15H19F3N4O3/c1-20-8-19-11-10(20)12(23)22(13(24)21(11)2)7-9-4-3-5-14(25,6-9)15(16,17)18/h8-9,25H,3-7H2,1-2H3. The maximum atomic E-state index is 13.1. The summed E-state index contributed by atoms with van der Waals surface area (Å²) in [6, 6.07) is 0. The highest BCUT2D eigenvalue weighted by atomic mass is 19.4. The highest BCUT2D eigenvalue weighted by Gasteiger charge is 2.55. The van der Waals surface area contributed by atoms with Gasteiger partial charge in [0.15, 0.2) is 16.8 Å². The van der Waals surface area contributed by atoms with Crippen LogP contribution in [0.25, 0.3) is 11.2 Å². The molecule has 25 heavy (non-hydrogen) atoms. The van der Waals surface area contributed by atoms with Crippen molar-refractivity contribution < 1.29 is 18.3 Å². The van der Waals surface area contributed by atoms with Crippen LogP contribution in [0.15, 0.2) is 15.9 Å². The van der Waals surface area contributed by atoms with Crippen molar-refractivity contribution in [1.29, 1.82) is 0 Å². The number of rotatable bonds is 2. The van der Waals surface area contributed by atoms with Crippen molar-refractivity contribution in [2.75, 3.05) is 0 Å². The summed E-state index contributed by atoms with van der Waals surface area (Å²) in [4.78, 5) is 29.1. The number of aromatic nitrogens is 4. The lowest BCUT2D eigenvalue weighted by molar-refractivity contribution is -0.274. The van der Waals surface area contributed by atoms with Gasteiger partial charge >= 0.3 is 11.9 Å². The van der Waals surface area contributed by atoms with Crippen LogP contribution in [-0.4, -0.2) is 35.6 Å². The van der Waals surface area contributed by atoms with Gasteiger partial charge in [-0.05, 0) is 31.6 Å². The highest BCUT2D eigenvalue weighted by Crippen LogP contribution is 2.43. The molecule has 1 aliphatic rings. The lowest BCUT2D eigenvalue weighted by atomic mass is 9.77. The molecule has 10 heteroatoms. The number of aliphatic hydroxyl groups is 1. The van der Waals surface area contributed by atoms with Gasteiger partial charge in [-0.15, -0.1) is 0 Å². The molecule has 0 radical (unpaired) electrons. The molecule has 2 atom stereocenters. The second-order valence-electron chi connectivity index (χ2n) is 6.78. The zero-order valence-electron chi connectivity index (χ0n) is 13.9. The first-order valence-corrected chi connectivity index (χ1v) is 7.95. The van der Waals surface area contributed by atoms with Crippen LogP contribution in [0, 0.1) is 5.92 Å². The van der Waals surface area contributed by atoms with E-state index in [4.69, 9.17) is 0 Å². The summed E-state index contributed by atoms with van der Waals surface area (Å²) in [7, 11) is 3.06. The molecule has 0 spiro atoms. The summed E-state index contributed by atoms with van der Waals surface area (Å²) in [6.45, 7) is -0.162. The van der Waals surface area contributed by atoms with Gasteiger partial charge in [0, 0.05) is 20.6 Å². The molecule has 1 saturated carbocycles. The van der Waals surface area contributed by atoms with Crippen molar-refractivity contribution in [3.63, 3.8) is 0 Å². The van der Waals surface area contributed by atoms with Crippen LogP contribution >= 0.6 is 0 Å². The minimum absolute atomic E-state index is 0.162. The number of aryl methyl sites for hydroxylation is 2. The van der Waals surface area contributed by atoms with Crippen molar-refractivity contribution in [3.05, 3.63) is 27.2 Å². The Balaban J connectivity index is 2.00. The van der Waals surface area contributed by atoms with Crippen molar-refractivity contribution in [1.82, 2.24) is 18.7 Å². The third-order valence-electron chi connectivity index (χ3n) is 5.00. The Kier molecular flexibility index (Phi) is 4.05. The van der Waals surface area contributed by atoms with Crippen LogP contribution in [0.3, 0.4) is 0 Å². The molecule has 0 saturated heterocycles. The summed E-state index contributed by atoms with van der Waals surface area (Å²) < 4.78 is 42.9. The molecular weight excluding hydrogens is 341 g/mol. The van der Waals surface area contributed by atoms with Crippen molar-refractivity contribution >= 4 is 11.2 Å². The Morgan fingerprint density at radius 1 is 1.36 bits per heavy atom. The minimum atomic E-state index is -4.73. The molecule has 0 aliphatic heterocycles. The number of halogens is 3. The van der Waals surface area contributed by atoms with E-state index in [2.05, 4.69) is 4.98 Å². The third-order valence-corrected chi connectivity index (χ3v) is 5.00. The van der Waals surface area contributed by atoms with Crippen LogP contribution < -0.4 is 11.2 Å². The summed E-state index contributed by atoms with van der Waals surface area (Å²) in [6.07, 6.45) is -3.61. The molecule has 3 rings (SSSR count). The van der Waals surface area contributed by atoms with Gasteiger partial charge < -0.3 is 9.67 Å². The second-order valence-corrected chi connectivity index (χ2v) is 6.78. The number of imidazole rings is 1. The monoisotopic (exact) mass is 360 g/mol. The van der Waals surface area contributed by atoms with Gasteiger partial charge in [0.05, 0.1) is 6.33 Å². The number of nitrogens with zero attached hydrogens (tertiary/aromatic N) is 4. The first-order valence-electron chi connectivity index (χ1n) is 7.95. The fourth-order valence-corrected chi connectivity index (χ4v) is 3.59. The predicted molar refractivity (Wildman–Crippen MR) is 83.2 cm³/mol. The Morgan fingerprint density at radius 2 is 2.04 bits per heavy atom. The van der Waals surface area contributed by atoms with Crippen molar-refractivity contribution in [2.24, 2.45) is 20.0 Å². The van der Waals surface area contributed by atoms with E-state index in [1.807, 2.05) is 0 Å². The van der Waals surface area contributed by atoms with Crippen molar-refractivity contribution in [3.8, 4) is 0 Å². The van der Waals surface area contributed by atoms with Crippen LogP contribution in [0.5, 0.6) is 0 Å². The van der Waals surface area contributed by atoms with Gasteiger partial charge in [0.1, 0.15) is 0 Å². The van der Waals surface area contributed by atoms with E-state index in [0.717, 1.165) is 4.57 Å². The van der Waals surface area contributed by atoms with Gasteiger partial charge in [0.2, 0.25) is 0 Å². The fraction of sp³-hybridized carbons (Fsp3) is 0.667. The van der Waals surface area contributed by atoms with Gasteiger partial charge in [-0.25, -0.2) is 9.78 Å². The van der Waals surface area contributed by atoms with E-state index in [0.29, 0.717) is 6.42 Å². The van der Waals surface area contributed by atoms with Gasteiger partial charge in [0.25, 0.3) is 5.56 Å². The van der Waals surface area contributed by atoms with E-state index >= 15 is 0 Å². The largest absolute Gasteiger partial charge is 0.417 e. The zero-order valence-corrected chi connectivity index (χ0v) is 13.9. The molecule has 7 nitrogen and oxygen atoms in total. The Labute approximate surface area is 140 Å². The lowest BCUT2D eigenvalue weighted by Gasteiger charge is -2.38. The summed E-state index contributed by atoms with van der Waals surface area (Å²) >= 11 is 0. The molecule has 1 aliphatic carbocycles. The molecule has 2 unspecified atom stereocenters. The van der Waals surface area contributed by atoms with Gasteiger partial charge in [-0.1, -0.05) is 0 Å². The van der Waals surface area contributed by atoms with E-state index in [1.165, 1.54) is 22.5 Å². The SMILES string of the molecule is Cn1cnc2c1c(=O)n(CC1CCCC(O)(C(F)(F)F)C1)c(=O)n2C. The van der Waals surface area contributed by atoms with E-state index in [1.54, 1.807) is 7.05 Å². The average Bonchev–Trinajstić information content (AvgIpc) is 2.90. The molecule has 2 aromatic rings. The molecule has 0 amide bonds. The fourth-order valence-electron chi connectivity index (χ4n) is 3.59. The highest BCUT2D eigenvalue weighted by molar-refractivity contribution is 5.69. The molecule has 1 fully saturated rings. The van der Waals surface area contributed by atoms with E-state index in [9.17, 15) is 27.9 Å². The smallest absolute Gasteiger partial charge is 0.380 e. The second kappa shape index (κ2) is 5.72. The Bertz CT molecular complexity index is 927. The third kappa shape index (κ3) is 2.78. The molecule has 1 N–H and O–H groups in total. The predicted octanol–water partition coefficient (Wildman–Crippen LogP) is 0.917. The lowest BCUT2D eigenvalue weighted by Crippen LogP contribution is -2.50. The van der Waals surface area contributed by atoms with Crippen LogP contribution in [0.4, 0.5) is 13.2 Å². The van der Waals surface area contributed by atoms with Crippen LogP contribution in [0.1, 0.15) is 25.7 Å². The van der Waals surface area contributed by atoms with Crippen LogP contribution in [0.2, 0.25) is 0 Å². The topological polar surface area (TPSA) is 82.1 Å². The van der Waals surface area contributed by atoms with Gasteiger partial charge in [-0.3, -0.25) is 13.9 Å². The number of alkyl halides is 3. The first kappa shape index (κ1) is 17.7. The van der Waals surface area contributed by atoms with E-state index < -0.39 is 35.4 Å². The molecule has 0 bridgehead atoms. The number of fused-ring (bicyclic) bond motifs is 1. The van der Waals surface area contributed by atoms with Gasteiger partial charge in [-0.2, -0.15) is 13.2 Å². The Hall–Kier alpha value is -2.10. The average molecular weight is 360 g/mol. The quantitative estimate of drug-likeness (QED) is 0.863. The Morgan fingerprint density at radius 3 is 2.68 bits per heavy atom. The molecule has 138 valence electrons.